The van der Waals surface area contributed by atoms with Crippen molar-refractivity contribution in [1.82, 2.24) is 14.8 Å². The molecule has 1 aliphatic rings. The van der Waals surface area contributed by atoms with Crippen LogP contribution in [-0.4, -0.2) is 46.0 Å². The summed E-state index contributed by atoms with van der Waals surface area (Å²) in [7, 11) is 0. The van der Waals surface area contributed by atoms with E-state index >= 15 is 0 Å². The molecule has 9 nitrogen and oxygen atoms in total. The fourth-order valence-electron chi connectivity index (χ4n) is 5.11. The van der Waals surface area contributed by atoms with Gasteiger partial charge in [0, 0.05) is 23.9 Å². The highest BCUT2D eigenvalue weighted by Crippen LogP contribution is 2.37. The first-order valence-electron chi connectivity index (χ1n) is 13.5. The van der Waals surface area contributed by atoms with Gasteiger partial charge in [0.05, 0.1) is 28.8 Å². The molecule has 0 spiro atoms. The largest absolute Gasteiger partial charge is 0.485 e. The standard InChI is InChI=1S/C31H26F3N5O4/c1-17-11-19(43-26-6-3-2-5-21(26)32)8-9-24(17)39-31(35)20(15-36-39)30(41)23-12-18-13-27(42-16-28(33)34)25(14-22(18)37-23)38-10-4-7-29(38)40/h2-3,5-6,8-9,11-15,28,37H,4,7,10,16,35H2,1H3. The number of nitrogens with zero attached hydrogens (tertiary/aromatic N) is 3. The van der Waals surface area contributed by atoms with E-state index in [4.69, 9.17) is 15.2 Å². The Morgan fingerprint density at radius 3 is 2.63 bits per heavy atom. The van der Waals surface area contributed by atoms with Crippen LogP contribution in [0.25, 0.3) is 16.6 Å². The number of ether oxygens (including phenoxy) is 2. The highest BCUT2D eigenvalue weighted by Gasteiger charge is 2.27. The van der Waals surface area contributed by atoms with Crippen LogP contribution in [0.1, 0.15) is 34.5 Å². The third-order valence-corrected chi connectivity index (χ3v) is 7.19. The molecule has 0 saturated carbocycles. The molecule has 1 amide bonds. The van der Waals surface area contributed by atoms with E-state index in [9.17, 15) is 22.8 Å². The Hall–Kier alpha value is -5.26. The van der Waals surface area contributed by atoms with E-state index in [0.717, 1.165) is 0 Å². The van der Waals surface area contributed by atoms with Crippen molar-refractivity contribution in [2.75, 3.05) is 23.8 Å². The zero-order valence-corrected chi connectivity index (χ0v) is 22.9. The van der Waals surface area contributed by atoms with Crippen LogP contribution in [0, 0.1) is 12.7 Å². The molecular weight excluding hydrogens is 563 g/mol. The van der Waals surface area contributed by atoms with Gasteiger partial charge >= 0.3 is 0 Å². The second-order valence-corrected chi connectivity index (χ2v) is 10.1. The van der Waals surface area contributed by atoms with Gasteiger partial charge < -0.3 is 25.1 Å². The van der Waals surface area contributed by atoms with Gasteiger partial charge in [0.15, 0.2) is 11.6 Å². The zero-order chi connectivity index (χ0) is 30.2. The molecule has 2 aromatic heterocycles. The fourth-order valence-corrected chi connectivity index (χ4v) is 5.11. The molecule has 3 heterocycles. The number of para-hydroxylation sites is 1. The van der Waals surface area contributed by atoms with Crippen LogP contribution in [0.15, 0.2) is 66.9 Å². The minimum absolute atomic E-state index is 0.0892. The highest BCUT2D eigenvalue weighted by atomic mass is 19.3. The van der Waals surface area contributed by atoms with Crippen molar-refractivity contribution in [2.45, 2.75) is 26.2 Å². The van der Waals surface area contributed by atoms with Gasteiger partial charge in [0.2, 0.25) is 11.7 Å². The molecule has 1 saturated heterocycles. The van der Waals surface area contributed by atoms with Crippen LogP contribution in [0.5, 0.6) is 17.2 Å². The van der Waals surface area contributed by atoms with Gasteiger partial charge in [0.1, 0.15) is 23.9 Å². The topological polar surface area (TPSA) is 115 Å². The third-order valence-electron chi connectivity index (χ3n) is 7.19. The molecule has 0 bridgehead atoms. The Morgan fingerprint density at radius 2 is 1.91 bits per heavy atom. The molecule has 1 aliphatic heterocycles. The van der Waals surface area contributed by atoms with E-state index in [1.165, 1.54) is 34.0 Å². The lowest BCUT2D eigenvalue weighted by Gasteiger charge is -2.20. The van der Waals surface area contributed by atoms with Crippen molar-refractivity contribution in [3.05, 3.63) is 89.5 Å². The molecule has 12 heteroatoms. The maximum atomic E-state index is 14.0. The zero-order valence-electron chi connectivity index (χ0n) is 22.9. The van der Waals surface area contributed by atoms with Crippen molar-refractivity contribution in [3.63, 3.8) is 0 Å². The summed E-state index contributed by atoms with van der Waals surface area (Å²) in [6, 6.07) is 15.9. The van der Waals surface area contributed by atoms with Crippen LogP contribution < -0.4 is 20.1 Å². The molecule has 3 aromatic carbocycles. The highest BCUT2D eigenvalue weighted by molar-refractivity contribution is 6.13. The smallest absolute Gasteiger partial charge is 0.272 e. The fraction of sp³-hybridized carbons (Fsp3) is 0.194. The summed E-state index contributed by atoms with van der Waals surface area (Å²) in [5.74, 6) is -0.328. The molecule has 220 valence electrons. The Bertz CT molecular complexity index is 1870. The van der Waals surface area contributed by atoms with Gasteiger partial charge in [-0.2, -0.15) is 5.10 Å². The van der Waals surface area contributed by atoms with Crippen LogP contribution >= 0.6 is 0 Å². The van der Waals surface area contributed by atoms with Gasteiger partial charge in [-0.3, -0.25) is 9.59 Å². The van der Waals surface area contributed by atoms with Crippen LogP contribution in [0.4, 0.5) is 24.7 Å². The number of aromatic amines is 1. The summed E-state index contributed by atoms with van der Waals surface area (Å²) >= 11 is 0. The molecule has 1 fully saturated rings. The lowest BCUT2D eigenvalue weighted by molar-refractivity contribution is -0.117. The Balaban J connectivity index is 1.29. The summed E-state index contributed by atoms with van der Waals surface area (Å²) in [6.45, 7) is 1.41. The van der Waals surface area contributed by atoms with E-state index < -0.39 is 24.6 Å². The summed E-state index contributed by atoms with van der Waals surface area (Å²) in [6.07, 6.45) is -0.341. The molecule has 0 atom stereocenters. The molecule has 0 aliphatic carbocycles. The number of anilines is 2. The number of hydrogen-bond acceptors (Lipinski definition) is 6. The van der Waals surface area contributed by atoms with Crippen molar-refractivity contribution in [2.24, 2.45) is 0 Å². The number of halogens is 3. The van der Waals surface area contributed by atoms with Crippen molar-refractivity contribution in [3.8, 4) is 22.9 Å². The number of hydrogen-bond donors (Lipinski definition) is 2. The molecule has 0 unspecified atom stereocenters. The Morgan fingerprint density at radius 1 is 1.09 bits per heavy atom. The Kier molecular flexibility index (Phi) is 7.26. The Labute approximate surface area is 243 Å². The first kappa shape index (κ1) is 27.9. The third kappa shape index (κ3) is 5.39. The number of ketones is 1. The van der Waals surface area contributed by atoms with Crippen LogP contribution in [0.3, 0.4) is 0 Å². The lowest BCUT2D eigenvalue weighted by Crippen LogP contribution is -2.24. The van der Waals surface area contributed by atoms with Crippen molar-refractivity contribution in [1.29, 1.82) is 0 Å². The van der Waals surface area contributed by atoms with E-state index in [-0.39, 0.29) is 34.5 Å². The van der Waals surface area contributed by atoms with Gasteiger partial charge in [-0.25, -0.2) is 17.9 Å². The summed E-state index contributed by atoms with van der Waals surface area (Å²) in [5, 5.41) is 4.86. The van der Waals surface area contributed by atoms with E-state index in [0.29, 0.717) is 53.0 Å². The number of H-pyrrole nitrogens is 1. The van der Waals surface area contributed by atoms with Gasteiger partial charge in [-0.05, 0) is 67.4 Å². The number of alkyl halides is 2. The molecule has 43 heavy (non-hydrogen) atoms. The second-order valence-electron chi connectivity index (χ2n) is 10.1. The first-order valence-corrected chi connectivity index (χ1v) is 13.5. The van der Waals surface area contributed by atoms with Gasteiger partial charge in [-0.1, -0.05) is 12.1 Å². The minimum atomic E-state index is -2.69. The number of fused-ring (bicyclic) bond motifs is 1. The maximum absolute atomic E-state index is 14.0. The predicted octanol–water partition coefficient (Wildman–Crippen LogP) is 6.18. The molecular formula is C31H26F3N5O4. The number of nitrogens with one attached hydrogen (secondary N) is 1. The average Bonchev–Trinajstić information content (AvgIpc) is 3.70. The first-order chi connectivity index (χ1) is 20.7. The van der Waals surface area contributed by atoms with E-state index in [2.05, 4.69) is 10.1 Å². The normalized spacial score (nSPS) is 13.3. The summed E-state index contributed by atoms with van der Waals surface area (Å²) < 4.78 is 52.3. The number of nitrogens with two attached hydrogens (primary N) is 1. The molecule has 0 radical (unpaired) electrons. The second kappa shape index (κ2) is 11.2. The predicted molar refractivity (Wildman–Crippen MR) is 154 cm³/mol. The number of aryl methyl sites for hydroxylation is 1. The average molecular weight is 590 g/mol. The number of rotatable bonds is 9. The lowest BCUT2D eigenvalue weighted by atomic mass is 10.1. The number of nitrogen functional groups attached to an aromatic ring is 1. The number of carbonyl (C=O) groups excluding carboxylic acids is 2. The number of amides is 1. The monoisotopic (exact) mass is 589 g/mol. The summed E-state index contributed by atoms with van der Waals surface area (Å²) in [5.41, 5.74) is 8.91. The molecule has 6 rings (SSSR count). The quantitative estimate of drug-likeness (QED) is 0.199. The van der Waals surface area contributed by atoms with Crippen LogP contribution in [-0.2, 0) is 4.79 Å². The van der Waals surface area contributed by atoms with Crippen molar-refractivity contribution < 1.29 is 32.2 Å². The van der Waals surface area contributed by atoms with Crippen LogP contribution in [0.2, 0.25) is 0 Å². The maximum Gasteiger partial charge on any atom is 0.272 e. The summed E-state index contributed by atoms with van der Waals surface area (Å²) in [4.78, 5) is 30.5. The number of carbonyl (C=O) groups is 2. The number of benzene rings is 3. The molecule has 5 aromatic rings. The minimum Gasteiger partial charge on any atom is -0.485 e. The number of aromatic nitrogens is 3. The SMILES string of the molecule is Cc1cc(Oc2ccccc2F)ccc1-n1ncc(C(=O)c2cc3cc(OCC(F)F)c(N4CCCC4=O)cc3[nH]2)c1N. The molecule has 3 N–H and O–H groups in total. The van der Waals surface area contributed by atoms with Gasteiger partial charge in [0.25, 0.3) is 6.43 Å². The van der Waals surface area contributed by atoms with Gasteiger partial charge in [-0.15, -0.1) is 0 Å². The van der Waals surface area contributed by atoms with E-state index in [1.54, 1.807) is 49.4 Å². The van der Waals surface area contributed by atoms with E-state index in [1.807, 2.05) is 0 Å². The van der Waals surface area contributed by atoms with Crippen molar-refractivity contribution >= 4 is 34.1 Å².